The molecule has 1 aliphatic carbocycles. The van der Waals surface area contributed by atoms with E-state index >= 15 is 0 Å². The lowest BCUT2D eigenvalue weighted by atomic mass is 9.76. The first-order chi connectivity index (χ1) is 9.13. The summed E-state index contributed by atoms with van der Waals surface area (Å²) in [6, 6.07) is 3.35. The van der Waals surface area contributed by atoms with Gasteiger partial charge in [-0.2, -0.15) is 0 Å². The highest BCUT2D eigenvalue weighted by Crippen LogP contribution is 2.31. The molecule has 0 aromatic carbocycles. The molecule has 0 saturated heterocycles. The van der Waals surface area contributed by atoms with Crippen molar-refractivity contribution < 1.29 is 19.1 Å². The molecule has 106 valence electrons. The molecule has 0 aliphatic heterocycles. The van der Waals surface area contributed by atoms with Crippen LogP contribution in [-0.4, -0.2) is 29.8 Å². The number of hydrogen-bond acceptors (Lipinski definition) is 4. The van der Waals surface area contributed by atoms with E-state index in [-0.39, 0.29) is 23.8 Å². The molecule has 2 N–H and O–H groups in total. The Bertz CT molecular complexity index is 423. The fraction of sp³-hybridized carbons (Fsp3) is 0.643. The van der Waals surface area contributed by atoms with Crippen LogP contribution in [0.4, 0.5) is 0 Å². The standard InChI is InChI=1S/C14H21NO4/c1-3-11(9-7-10(16)8-9)15-14(17)12-5-6-13(19-12)18-4-2/h5-6,9-11,16H,3-4,7-8H2,1-2H3,(H,15,17)/t9?,10?,11-/m1/s1. The molecule has 1 aliphatic rings. The Kier molecular flexibility index (Phi) is 4.47. The number of rotatable bonds is 6. The Hall–Kier alpha value is -1.49. The summed E-state index contributed by atoms with van der Waals surface area (Å²) in [6.07, 6.45) is 2.17. The van der Waals surface area contributed by atoms with Crippen LogP contribution in [0.1, 0.15) is 43.7 Å². The van der Waals surface area contributed by atoms with Gasteiger partial charge in [-0.1, -0.05) is 6.92 Å². The molecule has 5 heteroatoms. The van der Waals surface area contributed by atoms with Crippen molar-refractivity contribution in [2.75, 3.05) is 6.61 Å². The number of carbonyl (C=O) groups is 1. The average Bonchev–Trinajstić information content (AvgIpc) is 2.81. The van der Waals surface area contributed by atoms with Crippen molar-refractivity contribution in [3.05, 3.63) is 17.9 Å². The third-order valence-corrected chi connectivity index (χ3v) is 3.57. The minimum atomic E-state index is -0.223. The summed E-state index contributed by atoms with van der Waals surface area (Å²) in [4.78, 5) is 12.0. The molecule has 1 aromatic heterocycles. The molecule has 1 atom stereocenters. The van der Waals surface area contributed by atoms with Gasteiger partial charge in [0.1, 0.15) is 0 Å². The monoisotopic (exact) mass is 267 g/mol. The normalized spacial score (nSPS) is 23.5. The SMILES string of the molecule is CCOc1ccc(C(=O)N[C@H](CC)C2CC(O)C2)o1. The molecule has 1 aromatic rings. The molecule has 1 amide bonds. The molecular weight excluding hydrogens is 246 g/mol. The van der Waals surface area contributed by atoms with E-state index in [2.05, 4.69) is 5.32 Å². The van der Waals surface area contributed by atoms with Gasteiger partial charge in [-0.25, -0.2) is 0 Å². The fourth-order valence-electron chi connectivity index (χ4n) is 2.41. The molecule has 0 radical (unpaired) electrons. The zero-order valence-corrected chi connectivity index (χ0v) is 11.4. The molecule has 1 saturated carbocycles. The van der Waals surface area contributed by atoms with Gasteiger partial charge in [0.25, 0.3) is 11.9 Å². The second-order valence-corrected chi connectivity index (χ2v) is 4.93. The maximum absolute atomic E-state index is 12.0. The van der Waals surface area contributed by atoms with Gasteiger partial charge in [0.15, 0.2) is 5.76 Å². The van der Waals surface area contributed by atoms with Gasteiger partial charge in [-0.3, -0.25) is 4.79 Å². The molecule has 2 rings (SSSR count). The first-order valence-corrected chi connectivity index (χ1v) is 6.85. The van der Waals surface area contributed by atoms with E-state index in [1.54, 1.807) is 12.1 Å². The summed E-state index contributed by atoms with van der Waals surface area (Å²) in [7, 11) is 0. The van der Waals surface area contributed by atoms with Gasteiger partial charge >= 0.3 is 0 Å². The lowest BCUT2D eigenvalue weighted by Crippen LogP contribution is -2.46. The number of furan rings is 1. The van der Waals surface area contributed by atoms with E-state index in [4.69, 9.17) is 9.15 Å². The van der Waals surface area contributed by atoms with Crippen LogP contribution >= 0.6 is 0 Å². The molecule has 0 unspecified atom stereocenters. The van der Waals surface area contributed by atoms with E-state index in [9.17, 15) is 9.90 Å². The summed E-state index contributed by atoms with van der Waals surface area (Å²) in [6.45, 7) is 4.40. The molecule has 1 fully saturated rings. The Labute approximate surface area is 112 Å². The Morgan fingerprint density at radius 1 is 1.53 bits per heavy atom. The highest BCUT2D eigenvalue weighted by atomic mass is 16.6. The van der Waals surface area contributed by atoms with Crippen LogP contribution in [0.15, 0.2) is 16.5 Å². The van der Waals surface area contributed by atoms with Crippen LogP contribution < -0.4 is 10.1 Å². The Morgan fingerprint density at radius 2 is 2.26 bits per heavy atom. The van der Waals surface area contributed by atoms with Crippen molar-refractivity contribution in [3.8, 4) is 5.95 Å². The smallest absolute Gasteiger partial charge is 0.287 e. The summed E-state index contributed by atoms with van der Waals surface area (Å²) in [5, 5.41) is 12.3. The van der Waals surface area contributed by atoms with E-state index in [0.717, 1.165) is 19.3 Å². The largest absolute Gasteiger partial charge is 0.465 e. The van der Waals surface area contributed by atoms with Gasteiger partial charge in [-0.15, -0.1) is 0 Å². The summed E-state index contributed by atoms with van der Waals surface area (Å²) < 4.78 is 10.5. The highest BCUT2D eigenvalue weighted by molar-refractivity contribution is 5.91. The second-order valence-electron chi connectivity index (χ2n) is 4.93. The molecule has 1 heterocycles. The number of nitrogens with one attached hydrogen (secondary N) is 1. The van der Waals surface area contributed by atoms with E-state index in [1.165, 1.54) is 0 Å². The lowest BCUT2D eigenvalue weighted by Gasteiger charge is -2.37. The molecule has 0 bridgehead atoms. The number of hydrogen-bond donors (Lipinski definition) is 2. The number of carbonyl (C=O) groups excluding carboxylic acids is 1. The highest BCUT2D eigenvalue weighted by Gasteiger charge is 2.34. The second kappa shape index (κ2) is 6.10. The van der Waals surface area contributed by atoms with Gasteiger partial charge in [0, 0.05) is 12.1 Å². The van der Waals surface area contributed by atoms with Crippen LogP contribution in [-0.2, 0) is 0 Å². The predicted octanol–water partition coefficient (Wildman–Crippen LogP) is 1.96. The maximum atomic E-state index is 12.0. The van der Waals surface area contributed by atoms with Crippen molar-refractivity contribution in [3.63, 3.8) is 0 Å². The Balaban J connectivity index is 1.91. The van der Waals surface area contributed by atoms with Crippen LogP contribution in [0.25, 0.3) is 0 Å². The summed E-state index contributed by atoms with van der Waals surface area (Å²) in [5.74, 6) is 0.769. The zero-order valence-electron chi connectivity index (χ0n) is 11.4. The van der Waals surface area contributed by atoms with Crippen molar-refractivity contribution in [2.45, 2.75) is 45.3 Å². The maximum Gasteiger partial charge on any atom is 0.287 e. The zero-order chi connectivity index (χ0) is 13.8. The van der Waals surface area contributed by atoms with Crippen molar-refractivity contribution in [2.24, 2.45) is 5.92 Å². The number of aliphatic hydroxyl groups excluding tert-OH is 1. The van der Waals surface area contributed by atoms with Gasteiger partial charge in [0.2, 0.25) is 0 Å². The van der Waals surface area contributed by atoms with E-state index < -0.39 is 0 Å². The summed E-state index contributed by atoms with van der Waals surface area (Å²) >= 11 is 0. The first kappa shape index (κ1) is 13.9. The molecule has 5 nitrogen and oxygen atoms in total. The van der Waals surface area contributed by atoms with Crippen LogP contribution in [0.3, 0.4) is 0 Å². The first-order valence-electron chi connectivity index (χ1n) is 6.85. The Morgan fingerprint density at radius 3 is 2.84 bits per heavy atom. The van der Waals surface area contributed by atoms with Crippen molar-refractivity contribution in [1.29, 1.82) is 0 Å². The van der Waals surface area contributed by atoms with Crippen LogP contribution in [0.2, 0.25) is 0 Å². The van der Waals surface area contributed by atoms with Crippen LogP contribution in [0, 0.1) is 5.92 Å². The number of amides is 1. The third kappa shape index (κ3) is 3.29. The predicted molar refractivity (Wildman–Crippen MR) is 70.2 cm³/mol. The quantitative estimate of drug-likeness (QED) is 0.826. The summed E-state index contributed by atoms with van der Waals surface area (Å²) in [5.41, 5.74) is 0. The van der Waals surface area contributed by atoms with Crippen LogP contribution in [0.5, 0.6) is 5.95 Å². The van der Waals surface area contributed by atoms with Gasteiger partial charge in [-0.05, 0) is 38.2 Å². The molecular formula is C14H21NO4. The fourth-order valence-corrected chi connectivity index (χ4v) is 2.41. The van der Waals surface area contributed by atoms with E-state index in [1.807, 2.05) is 13.8 Å². The number of ether oxygens (including phenoxy) is 1. The van der Waals surface area contributed by atoms with Gasteiger partial charge in [0.05, 0.1) is 12.7 Å². The van der Waals surface area contributed by atoms with Gasteiger partial charge < -0.3 is 19.6 Å². The minimum Gasteiger partial charge on any atom is -0.465 e. The average molecular weight is 267 g/mol. The molecule has 0 spiro atoms. The topological polar surface area (TPSA) is 71.7 Å². The lowest BCUT2D eigenvalue weighted by molar-refractivity contribution is 0.0229. The number of aliphatic hydroxyl groups is 1. The molecule has 19 heavy (non-hydrogen) atoms. The minimum absolute atomic E-state index is 0.0940. The van der Waals surface area contributed by atoms with E-state index in [0.29, 0.717) is 18.5 Å². The van der Waals surface area contributed by atoms with Crippen molar-refractivity contribution in [1.82, 2.24) is 5.32 Å². The van der Waals surface area contributed by atoms with Crippen molar-refractivity contribution >= 4 is 5.91 Å². The third-order valence-electron chi connectivity index (χ3n) is 3.57.